The average Bonchev–Trinajstić information content (AvgIpc) is 1.76. The molecule has 0 aliphatic heterocycles. The summed E-state index contributed by atoms with van der Waals surface area (Å²) in [6.45, 7) is 14.2. The van der Waals surface area contributed by atoms with Crippen LogP contribution in [-0.2, 0) is 65.4 Å². The first-order valence-electron chi connectivity index (χ1n) is 41.2. The number of hydrogen-bond acceptors (Lipinski definition) is 15. The summed E-state index contributed by atoms with van der Waals surface area (Å²) in [5.41, 5.74) is 0. The van der Waals surface area contributed by atoms with Gasteiger partial charge in [0.25, 0.3) is 0 Å². The summed E-state index contributed by atoms with van der Waals surface area (Å²) in [5.74, 6) is 0.978. The predicted molar refractivity (Wildman–Crippen MR) is 404 cm³/mol. The second-order valence-electron chi connectivity index (χ2n) is 30.5. The zero-order valence-electron chi connectivity index (χ0n) is 65.1. The van der Waals surface area contributed by atoms with Crippen LogP contribution < -0.4 is 0 Å². The van der Waals surface area contributed by atoms with Gasteiger partial charge in [-0.25, -0.2) is 9.13 Å². The standard InChI is InChI=1S/C80H156O17P2/c1-9-73(8)59-51-43-35-27-20-16-14-12-10-11-13-15-17-21-28-36-44-52-60-77(82)90-66-75(96-79(84)62-54-46-37-29-22-18-19-25-32-40-48-56-70(2)3)68-94-98(86,87)92-64-74(81)65-93-99(88,89)95-69-76(67-91-78(83)61-53-45-39-31-34-42-50-58-72(6)7)97-80(85)63-55-47-38-30-24-23-26-33-41-49-57-71(4)5/h70-76,81H,9-69H2,1-8H3,(H,86,87)(H,88,89)/t73?,74?,75-,76-/m1/s1. The van der Waals surface area contributed by atoms with Crippen LogP contribution in [0.25, 0.3) is 0 Å². The number of esters is 4. The van der Waals surface area contributed by atoms with Crippen LogP contribution in [0, 0.1) is 23.7 Å². The smallest absolute Gasteiger partial charge is 0.462 e. The minimum Gasteiger partial charge on any atom is -0.462 e. The van der Waals surface area contributed by atoms with Crippen molar-refractivity contribution >= 4 is 39.5 Å². The third kappa shape index (κ3) is 72.8. The Morgan fingerprint density at radius 1 is 0.283 bits per heavy atom. The highest BCUT2D eigenvalue weighted by Crippen LogP contribution is 2.45. The molecule has 0 spiro atoms. The quantitative estimate of drug-likeness (QED) is 0.0222. The SMILES string of the molecule is CCC(C)CCCCCCCCCCCCCCCCCCCCC(=O)OC[C@H](COP(=O)(O)OCC(O)COP(=O)(O)OC[C@@H](COC(=O)CCCCCCCCCC(C)C)OC(=O)CCCCCCCCCCCCC(C)C)OC(=O)CCCCCCCCCCCCCC(C)C. The second-order valence-corrected chi connectivity index (χ2v) is 33.4. The van der Waals surface area contributed by atoms with Crippen LogP contribution in [0.4, 0.5) is 0 Å². The number of phosphoric acid groups is 2. The Balaban J connectivity index is 5.19. The minimum atomic E-state index is -4.96. The van der Waals surface area contributed by atoms with Gasteiger partial charge in [0.2, 0.25) is 0 Å². The summed E-state index contributed by atoms with van der Waals surface area (Å²) in [6.07, 6.45) is 55.6. The normalized spacial score (nSPS) is 14.3. The van der Waals surface area contributed by atoms with Gasteiger partial charge in [-0.15, -0.1) is 0 Å². The van der Waals surface area contributed by atoms with E-state index in [9.17, 15) is 43.2 Å². The lowest BCUT2D eigenvalue weighted by Crippen LogP contribution is -2.30. The number of ether oxygens (including phenoxy) is 4. The van der Waals surface area contributed by atoms with Crippen molar-refractivity contribution in [2.45, 2.75) is 427 Å². The van der Waals surface area contributed by atoms with E-state index in [2.05, 4.69) is 55.4 Å². The molecule has 0 amide bonds. The van der Waals surface area contributed by atoms with Crippen LogP contribution >= 0.6 is 15.6 Å². The lowest BCUT2D eigenvalue weighted by atomic mass is 9.99. The summed E-state index contributed by atoms with van der Waals surface area (Å²) in [7, 11) is -9.92. The number of carbonyl (C=O) groups excluding carboxylic acids is 4. The molecule has 0 aliphatic rings. The molecule has 4 unspecified atom stereocenters. The maximum Gasteiger partial charge on any atom is 0.472 e. The van der Waals surface area contributed by atoms with Crippen LogP contribution in [0.2, 0.25) is 0 Å². The first-order valence-corrected chi connectivity index (χ1v) is 44.2. The molecular weight excluding hydrogens is 1290 g/mol. The third-order valence-electron chi connectivity index (χ3n) is 18.9. The van der Waals surface area contributed by atoms with E-state index >= 15 is 0 Å². The molecule has 19 heteroatoms. The molecule has 0 fully saturated rings. The zero-order valence-corrected chi connectivity index (χ0v) is 66.9. The highest BCUT2D eigenvalue weighted by Gasteiger charge is 2.30. The zero-order chi connectivity index (χ0) is 73.1. The first-order chi connectivity index (χ1) is 47.6. The van der Waals surface area contributed by atoms with Crippen molar-refractivity contribution in [3.05, 3.63) is 0 Å². The van der Waals surface area contributed by atoms with E-state index in [4.69, 9.17) is 37.0 Å². The van der Waals surface area contributed by atoms with Crippen LogP contribution in [0.15, 0.2) is 0 Å². The maximum absolute atomic E-state index is 13.1. The van der Waals surface area contributed by atoms with Crippen LogP contribution in [-0.4, -0.2) is 96.7 Å². The Hall–Kier alpha value is -1.94. The van der Waals surface area contributed by atoms with E-state index in [0.29, 0.717) is 31.6 Å². The molecule has 588 valence electrons. The molecule has 0 aromatic rings. The fourth-order valence-electron chi connectivity index (χ4n) is 12.2. The summed E-state index contributed by atoms with van der Waals surface area (Å²) in [6, 6.07) is 0. The van der Waals surface area contributed by atoms with E-state index in [0.717, 1.165) is 114 Å². The maximum atomic E-state index is 13.1. The molecule has 6 atom stereocenters. The second kappa shape index (κ2) is 69.1. The topological polar surface area (TPSA) is 237 Å². The Morgan fingerprint density at radius 3 is 0.717 bits per heavy atom. The van der Waals surface area contributed by atoms with E-state index < -0.39 is 97.5 Å². The van der Waals surface area contributed by atoms with Crippen LogP contribution in [0.1, 0.15) is 409 Å². The highest BCUT2D eigenvalue weighted by molar-refractivity contribution is 7.47. The number of unbranched alkanes of at least 4 members (excludes halogenated alkanes) is 42. The van der Waals surface area contributed by atoms with Gasteiger partial charge in [-0.1, -0.05) is 357 Å². The Bertz CT molecular complexity index is 1940. The molecule has 0 rings (SSSR count). The van der Waals surface area contributed by atoms with Gasteiger partial charge < -0.3 is 33.8 Å². The number of phosphoric ester groups is 2. The van der Waals surface area contributed by atoms with Gasteiger partial charge in [0.1, 0.15) is 19.3 Å². The fraction of sp³-hybridized carbons (Fsp3) is 0.950. The largest absolute Gasteiger partial charge is 0.472 e. The van der Waals surface area contributed by atoms with E-state index in [1.807, 2.05) is 0 Å². The highest BCUT2D eigenvalue weighted by atomic mass is 31.2. The van der Waals surface area contributed by atoms with Gasteiger partial charge in [0, 0.05) is 25.7 Å². The molecule has 0 aliphatic carbocycles. The van der Waals surface area contributed by atoms with Crippen molar-refractivity contribution in [2.24, 2.45) is 23.7 Å². The van der Waals surface area contributed by atoms with Gasteiger partial charge in [-0.3, -0.25) is 37.3 Å². The summed E-state index contributed by atoms with van der Waals surface area (Å²) >= 11 is 0. The monoisotopic (exact) mass is 1450 g/mol. The average molecular weight is 1450 g/mol. The van der Waals surface area contributed by atoms with Crippen molar-refractivity contribution in [3.63, 3.8) is 0 Å². The molecule has 3 N–H and O–H groups in total. The van der Waals surface area contributed by atoms with Gasteiger partial charge in [0.05, 0.1) is 26.4 Å². The predicted octanol–water partition coefficient (Wildman–Crippen LogP) is 23.6. The molecule has 99 heavy (non-hydrogen) atoms. The number of aliphatic hydroxyl groups is 1. The van der Waals surface area contributed by atoms with Gasteiger partial charge in [0.15, 0.2) is 12.2 Å². The molecule has 17 nitrogen and oxygen atoms in total. The van der Waals surface area contributed by atoms with Crippen molar-refractivity contribution < 1.29 is 80.2 Å². The summed E-state index contributed by atoms with van der Waals surface area (Å²) < 4.78 is 68.6. The minimum absolute atomic E-state index is 0.105. The Kier molecular flexibility index (Phi) is 67.8. The summed E-state index contributed by atoms with van der Waals surface area (Å²) in [5, 5.41) is 10.6. The van der Waals surface area contributed by atoms with Crippen molar-refractivity contribution in [3.8, 4) is 0 Å². The number of aliphatic hydroxyl groups excluding tert-OH is 1. The molecule has 0 bridgehead atoms. The number of carbonyl (C=O) groups is 4. The molecule has 0 aromatic heterocycles. The fourth-order valence-corrected chi connectivity index (χ4v) is 13.8. The third-order valence-corrected chi connectivity index (χ3v) is 20.8. The van der Waals surface area contributed by atoms with Crippen molar-refractivity contribution in [1.29, 1.82) is 0 Å². The van der Waals surface area contributed by atoms with E-state index in [-0.39, 0.29) is 25.7 Å². The van der Waals surface area contributed by atoms with E-state index in [1.165, 1.54) is 205 Å². The number of rotatable bonds is 77. The van der Waals surface area contributed by atoms with Gasteiger partial charge >= 0.3 is 39.5 Å². The van der Waals surface area contributed by atoms with Crippen LogP contribution in [0.3, 0.4) is 0 Å². The van der Waals surface area contributed by atoms with Crippen LogP contribution in [0.5, 0.6) is 0 Å². The van der Waals surface area contributed by atoms with Gasteiger partial charge in [-0.2, -0.15) is 0 Å². The Labute approximate surface area is 607 Å². The molecule has 0 aromatic carbocycles. The number of hydrogen-bond donors (Lipinski definition) is 3. The molecule has 0 saturated carbocycles. The Morgan fingerprint density at radius 2 is 0.485 bits per heavy atom. The molecule has 0 radical (unpaired) electrons. The first kappa shape index (κ1) is 97.1. The van der Waals surface area contributed by atoms with Crippen molar-refractivity contribution in [2.75, 3.05) is 39.6 Å². The lowest BCUT2D eigenvalue weighted by molar-refractivity contribution is -0.161. The van der Waals surface area contributed by atoms with Gasteiger partial charge in [-0.05, 0) is 49.4 Å². The molecule has 0 saturated heterocycles. The van der Waals surface area contributed by atoms with Crippen molar-refractivity contribution in [1.82, 2.24) is 0 Å². The lowest BCUT2D eigenvalue weighted by Gasteiger charge is -2.21. The molecular formula is C80H156O17P2. The van der Waals surface area contributed by atoms with E-state index in [1.54, 1.807) is 0 Å². The summed E-state index contributed by atoms with van der Waals surface area (Å²) in [4.78, 5) is 72.9. The molecule has 0 heterocycles.